The molecule has 0 saturated carbocycles. The van der Waals surface area contributed by atoms with Gasteiger partial charge in [-0.15, -0.1) is 22.7 Å². The van der Waals surface area contributed by atoms with Gasteiger partial charge in [0, 0.05) is 37.8 Å². The third kappa shape index (κ3) is 3.20. The van der Waals surface area contributed by atoms with E-state index in [0.717, 1.165) is 22.9 Å². The molecule has 4 rings (SSSR count). The molecule has 1 fully saturated rings. The molecule has 0 atom stereocenters. The molecule has 11 heteroatoms. The molecule has 0 bridgehead atoms. The molecule has 4 heterocycles. The van der Waals surface area contributed by atoms with E-state index in [2.05, 4.69) is 20.3 Å². The summed E-state index contributed by atoms with van der Waals surface area (Å²) in [7, 11) is 0. The van der Waals surface area contributed by atoms with E-state index < -0.39 is 5.69 Å². The smallest absolute Gasteiger partial charge is 0.345 e. The van der Waals surface area contributed by atoms with Crippen LogP contribution in [0.4, 0.5) is 5.13 Å². The number of piperazine rings is 1. The van der Waals surface area contributed by atoms with E-state index in [0.29, 0.717) is 18.1 Å². The predicted octanol–water partition coefficient (Wildman–Crippen LogP) is 0.296. The molecule has 0 radical (unpaired) electrons. The fraction of sp³-hybridized carbons (Fsp3) is 0.357. The van der Waals surface area contributed by atoms with Gasteiger partial charge < -0.3 is 9.80 Å². The van der Waals surface area contributed by atoms with Gasteiger partial charge in [-0.05, 0) is 27.9 Å². The lowest BCUT2D eigenvalue weighted by atomic mass is 10.3. The van der Waals surface area contributed by atoms with Crippen molar-refractivity contribution >= 4 is 33.7 Å². The average Bonchev–Trinajstić information content (AvgIpc) is 3.38. The molecule has 0 unspecified atom stereocenters. The van der Waals surface area contributed by atoms with Crippen LogP contribution >= 0.6 is 22.7 Å². The van der Waals surface area contributed by atoms with Crippen LogP contribution < -0.4 is 10.6 Å². The fourth-order valence-electron chi connectivity index (χ4n) is 2.65. The first-order valence-corrected chi connectivity index (χ1v) is 9.47. The summed E-state index contributed by atoms with van der Waals surface area (Å²) < 4.78 is 2.31. The van der Waals surface area contributed by atoms with E-state index >= 15 is 0 Å². The second kappa shape index (κ2) is 6.76. The summed E-state index contributed by atoms with van der Waals surface area (Å²) in [6.07, 6.45) is 1.78. The minimum absolute atomic E-state index is 0.0958. The summed E-state index contributed by atoms with van der Waals surface area (Å²) in [4.78, 5) is 33.0. The number of rotatable bonds is 4. The zero-order valence-electron chi connectivity index (χ0n) is 13.2. The Morgan fingerprint density at radius 2 is 1.96 bits per heavy atom. The van der Waals surface area contributed by atoms with Crippen molar-refractivity contribution in [2.24, 2.45) is 0 Å². The second-order valence-corrected chi connectivity index (χ2v) is 7.26. The fourth-order valence-corrected chi connectivity index (χ4v) is 4.01. The molecule has 9 nitrogen and oxygen atoms in total. The maximum Gasteiger partial charge on any atom is 0.369 e. The first-order valence-electron chi connectivity index (χ1n) is 7.71. The van der Waals surface area contributed by atoms with Crippen LogP contribution in [0.15, 0.2) is 33.9 Å². The van der Waals surface area contributed by atoms with Crippen LogP contribution in [0.25, 0.3) is 5.00 Å². The second-order valence-electron chi connectivity index (χ2n) is 5.46. The lowest BCUT2D eigenvalue weighted by Crippen LogP contribution is -2.50. The molecule has 1 aliphatic rings. The van der Waals surface area contributed by atoms with Gasteiger partial charge in [0.1, 0.15) is 11.5 Å². The molecule has 1 amide bonds. The van der Waals surface area contributed by atoms with Crippen molar-refractivity contribution in [2.75, 3.05) is 31.1 Å². The van der Waals surface area contributed by atoms with Gasteiger partial charge in [0.05, 0.1) is 0 Å². The molecule has 1 saturated heterocycles. The molecular formula is C14H15N7O2S2. The minimum Gasteiger partial charge on any atom is -0.345 e. The number of carbonyl (C=O) groups is 1. The summed E-state index contributed by atoms with van der Waals surface area (Å²) in [5.74, 6) is -0.126. The average molecular weight is 377 g/mol. The largest absolute Gasteiger partial charge is 0.369 e. The first kappa shape index (κ1) is 16.0. The Labute approximate surface area is 150 Å². The van der Waals surface area contributed by atoms with Gasteiger partial charge in [-0.1, -0.05) is 0 Å². The quantitative estimate of drug-likeness (QED) is 0.650. The van der Waals surface area contributed by atoms with E-state index in [-0.39, 0.29) is 12.5 Å². The van der Waals surface area contributed by atoms with E-state index in [9.17, 15) is 9.59 Å². The number of thiazole rings is 1. The lowest BCUT2D eigenvalue weighted by Gasteiger charge is -2.34. The maximum atomic E-state index is 12.5. The Morgan fingerprint density at radius 3 is 2.64 bits per heavy atom. The number of carbonyl (C=O) groups excluding carboxylic acids is 1. The molecule has 0 spiro atoms. The summed E-state index contributed by atoms with van der Waals surface area (Å²) in [6, 6.07) is 3.61. The van der Waals surface area contributed by atoms with Gasteiger partial charge in [0.25, 0.3) is 0 Å². The molecule has 25 heavy (non-hydrogen) atoms. The summed E-state index contributed by atoms with van der Waals surface area (Å²) >= 11 is 2.98. The Morgan fingerprint density at radius 1 is 1.12 bits per heavy atom. The molecule has 1 aliphatic heterocycles. The highest BCUT2D eigenvalue weighted by Gasteiger charge is 2.23. The van der Waals surface area contributed by atoms with Gasteiger partial charge >= 0.3 is 5.69 Å². The third-order valence-corrected chi connectivity index (χ3v) is 5.64. The molecule has 3 aromatic heterocycles. The molecular weight excluding hydrogens is 362 g/mol. The highest BCUT2D eigenvalue weighted by molar-refractivity contribution is 7.13. The van der Waals surface area contributed by atoms with Crippen LogP contribution in [-0.4, -0.2) is 61.8 Å². The lowest BCUT2D eigenvalue weighted by molar-refractivity contribution is -0.132. The van der Waals surface area contributed by atoms with Gasteiger partial charge in [-0.3, -0.25) is 4.79 Å². The van der Waals surface area contributed by atoms with E-state index in [1.165, 1.54) is 16.0 Å². The number of anilines is 1. The predicted molar refractivity (Wildman–Crippen MR) is 94.4 cm³/mol. The number of amides is 1. The number of hydrogen-bond donors (Lipinski definition) is 0. The number of hydrogen-bond acceptors (Lipinski definition) is 8. The van der Waals surface area contributed by atoms with Crippen LogP contribution in [0.2, 0.25) is 0 Å². The third-order valence-electron chi connectivity index (χ3n) is 3.96. The van der Waals surface area contributed by atoms with Crippen LogP contribution in [0.3, 0.4) is 0 Å². The van der Waals surface area contributed by atoms with Gasteiger partial charge in [-0.2, -0.15) is 9.36 Å². The molecule has 0 aliphatic carbocycles. The van der Waals surface area contributed by atoms with Crippen molar-refractivity contribution in [3.63, 3.8) is 0 Å². The SMILES string of the molecule is O=C(Cn1nnn(-c2cccs2)c1=O)N1CCN(c2nccs2)CC1. The first-order chi connectivity index (χ1) is 12.2. The van der Waals surface area contributed by atoms with Crippen molar-refractivity contribution in [2.45, 2.75) is 6.54 Å². The Kier molecular flexibility index (Phi) is 4.32. The van der Waals surface area contributed by atoms with Crippen molar-refractivity contribution in [3.8, 4) is 5.00 Å². The Hall–Kier alpha value is -2.53. The van der Waals surface area contributed by atoms with Crippen LogP contribution in [-0.2, 0) is 11.3 Å². The van der Waals surface area contributed by atoms with Crippen LogP contribution in [0.5, 0.6) is 0 Å². The highest BCUT2D eigenvalue weighted by atomic mass is 32.1. The standard InChI is InChI=1S/C14H15N7O2S2/c22-11(18-4-6-19(7-5-18)13-15-3-9-25-13)10-20-14(23)21(17-16-20)12-2-1-8-24-12/h1-3,8-9H,4-7,10H2. The zero-order valence-corrected chi connectivity index (χ0v) is 14.8. The molecule has 130 valence electrons. The topological polar surface area (TPSA) is 89.1 Å². The van der Waals surface area contributed by atoms with E-state index in [4.69, 9.17) is 0 Å². The normalized spacial score (nSPS) is 14.9. The number of thiophene rings is 1. The van der Waals surface area contributed by atoms with Crippen LogP contribution in [0.1, 0.15) is 0 Å². The molecule has 0 N–H and O–H groups in total. The number of nitrogens with zero attached hydrogens (tertiary/aromatic N) is 7. The van der Waals surface area contributed by atoms with Crippen molar-refractivity contribution in [1.29, 1.82) is 0 Å². The van der Waals surface area contributed by atoms with Gasteiger partial charge in [0.15, 0.2) is 5.13 Å². The summed E-state index contributed by atoms with van der Waals surface area (Å²) in [5, 5.41) is 13.1. The summed E-state index contributed by atoms with van der Waals surface area (Å²) in [5.41, 5.74) is -0.405. The number of aromatic nitrogens is 5. The van der Waals surface area contributed by atoms with Gasteiger partial charge in [-0.25, -0.2) is 9.78 Å². The van der Waals surface area contributed by atoms with E-state index in [1.54, 1.807) is 28.5 Å². The minimum atomic E-state index is -0.405. The molecule has 0 aromatic carbocycles. The highest BCUT2D eigenvalue weighted by Crippen LogP contribution is 2.18. The van der Waals surface area contributed by atoms with Crippen molar-refractivity contribution in [1.82, 2.24) is 29.7 Å². The maximum absolute atomic E-state index is 12.5. The summed E-state index contributed by atoms with van der Waals surface area (Å²) in [6.45, 7) is 2.58. The van der Waals surface area contributed by atoms with Crippen molar-refractivity contribution in [3.05, 3.63) is 39.6 Å². The monoisotopic (exact) mass is 377 g/mol. The Bertz CT molecular complexity index is 892. The Balaban J connectivity index is 1.39. The van der Waals surface area contributed by atoms with E-state index in [1.807, 2.05) is 16.8 Å². The molecule has 3 aromatic rings. The van der Waals surface area contributed by atoms with Crippen LogP contribution in [0, 0.1) is 0 Å². The zero-order chi connectivity index (χ0) is 17.2. The van der Waals surface area contributed by atoms with Gasteiger partial charge in [0.2, 0.25) is 5.91 Å². The van der Waals surface area contributed by atoms with Crippen molar-refractivity contribution < 1.29 is 4.79 Å². The number of tetrazole rings is 1.